The molecule has 160 valence electrons. The van der Waals surface area contributed by atoms with Gasteiger partial charge in [-0.05, 0) is 49.3 Å². The summed E-state index contributed by atoms with van der Waals surface area (Å²) in [4.78, 5) is 24.7. The summed E-state index contributed by atoms with van der Waals surface area (Å²) in [6.07, 6.45) is 7.77. The predicted molar refractivity (Wildman–Crippen MR) is 115 cm³/mol. The lowest BCUT2D eigenvalue weighted by molar-refractivity contribution is -0.0705. The van der Waals surface area contributed by atoms with Gasteiger partial charge in [-0.2, -0.15) is 0 Å². The van der Waals surface area contributed by atoms with Crippen molar-refractivity contribution in [3.8, 4) is 0 Å². The SMILES string of the molecule is Cc1cnc(C(=O)Nc2ccc(C3(O)CCOCC3)nc2C2=CCC(C)(C)CC2)[nH]1. The number of aryl methyl sites for hydroxylation is 1. The molecule has 0 atom stereocenters. The lowest BCUT2D eigenvalue weighted by atomic mass is 9.77. The molecule has 1 saturated heterocycles. The largest absolute Gasteiger partial charge is 0.383 e. The molecular formula is C23H30N4O3. The first-order valence-electron chi connectivity index (χ1n) is 10.6. The number of aromatic amines is 1. The Hall–Kier alpha value is -2.51. The molecule has 1 aliphatic heterocycles. The van der Waals surface area contributed by atoms with Gasteiger partial charge in [0.15, 0.2) is 5.82 Å². The first-order valence-corrected chi connectivity index (χ1v) is 10.6. The van der Waals surface area contributed by atoms with Crippen molar-refractivity contribution in [1.29, 1.82) is 0 Å². The Morgan fingerprint density at radius 3 is 2.63 bits per heavy atom. The molecule has 2 aromatic rings. The monoisotopic (exact) mass is 410 g/mol. The Balaban J connectivity index is 1.69. The Bertz CT molecular complexity index is 971. The number of amides is 1. The molecule has 0 spiro atoms. The molecule has 0 aromatic carbocycles. The number of nitrogens with one attached hydrogen (secondary N) is 2. The Labute approximate surface area is 177 Å². The average molecular weight is 411 g/mol. The van der Waals surface area contributed by atoms with Crippen molar-refractivity contribution in [2.24, 2.45) is 5.41 Å². The van der Waals surface area contributed by atoms with E-state index < -0.39 is 5.60 Å². The number of nitrogens with zero attached hydrogens (tertiary/aromatic N) is 2. The summed E-state index contributed by atoms with van der Waals surface area (Å²) in [5.74, 6) is -0.0373. The van der Waals surface area contributed by atoms with E-state index in [2.05, 4.69) is 35.2 Å². The van der Waals surface area contributed by atoms with Gasteiger partial charge in [0, 0.05) is 37.9 Å². The van der Waals surface area contributed by atoms with Crippen LogP contribution in [-0.4, -0.2) is 39.2 Å². The first-order chi connectivity index (χ1) is 14.3. The standard InChI is InChI=1S/C23H30N4O3/c1-15-14-24-20(25-15)21(28)26-17-4-5-18(23(29)10-12-30-13-11-23)27-19(17)16-6-8-22(2,3)9-7-16/h4-6,14,29H,7-13H2,1-3H3,(H,24,25)(H,26,28). The second kappa shape index (κ2) is 7.96. The van der Waals surface area contributed by atoms with E-state index >= 15 is 0 Å². The number of anilines is 1. The molecule has 30 heavy (non-hydrogen) atoms. The van der Waals surface area contributed by atoms with Crippen LogP contribution in [0.2, 0.25) is 0 Å². The highest BCUT2D eigenvalue weighted by Gasteiger charge is 2.34. The fourth-order valence-corrected chi connectivity index (χ4v) is 4.03. The third kappa shape index (κ3) is 4.32. The van der Waals surface area contributed by atoms with Crippen molar-refractivity contribution in [1.82, 2.24) is 15.0 Å². The highest BCUT2D eigenvalue weighted by Crippen LogP contribution is 2.40. The van der Waals surface area contributed by atoms with E-state index in [4.69, 9.17) is 9.72 Å². The number of H-pyrrole nitrogens is 1. The van der Waals surface area contributed by atoms with Crippen molar-refractivity contribution in [3.63, 3.8) is 0 Å². The van der Waals surface area contributed by atoms with E-state index in [9.17, 15) is 9.90 Å². The molecular weight excluding hydrogens is 380 g/mol. The van der Waals surface area contributed by atoms with Gasteiger partial charge in [-0.1, -0.05) is 19.9 Å². The molecule has 0 radical (unpaired) electrons. The molecule has 4 rings (SSSR count). The fourth-order valence-electron chi connectivity index (χ4n) is 4.03. The number of aliphatic hydroxyl groups is 1. The van der Waals surface area contributed by atoms with Crippen LogP contribution in [0.1, 0.15) is 73.7 Å². The number of ether oxygens (including phenoxy) is 1. The quantitative estimate of drug-likeness (QED) is 0.708. The summed E-state index contributed by atoms with van der Waals surface area (Å²) >= 11 is 0. The molecule has 0 bridgehead atoms. The van der Waals surface area contributed by atoms with E-state index in [1.165, 1.54) is 0 Å². The zero-order valence-corrected chi connectivity index (χ0v) is 17.9. The van der Waals surface area contributed by atoms with Crippen LogP contribution in [0.3, 0.4) is 0 Å². The second-order valence-electron chi connectivity index (χ2n) is 9.20. The second-order valence-corrected chi connectivity index (χ2v) is 9.20. The van der Waals surface area contributed by atoms with Gasteiger partial charge >= 0.3 is 0 Å². The van der Waals surface area contributed by atoms with Crippen molar-refractivity contribution in [3.05, 3.63) is 47.3 Å². The number of carbonyl (C=O) groups excluding carboxylic acids is 1. The molecule has 2 aromatic heterocycles. The number of imidazole rings is 1. The zero-order valence-electron chi connectivity index (χ0n) is 17.9. The van der Waals surface area contributed by atoms with Gasteiger partial charge in [0.1, 0.15) is 5.60 Å². The van der Waals surface area contributed by atoms with E-state index in [0.29, 0.717) is 37.4 Å². The number of aromatic nitrogens is 3. The van der Waals surface area contributed by atoms with E-state index in [1.54, 1.807) is 6.20 Å². The number of allylic oxidation sites excluding steroid dienone is 2. The predicted octanol–water partition coefficient (Wildman–Crippen LogP) is 3.96. The summed E-state index contributed by atoms with van der Waals surface area (Å²) in [5, 5.41) is 14.1. The smallest absolute Gasteiger partial charge is 0.291 e. The highest BCUT2D eigenvalue weighted by atomic mass is 16.5. The van der Waals surface area contributed by atoms with Crippen LogP contribution in [0, 0.1) is 12.3 Å². The van der Waals surface area contributed by atoms with E-state index in [-0.39, 0.29) is 17.1 Å². The minimum Gasteiger partial charge on any atom is -0.383 e. The Morgan fingerprint density at radius 1 is 1.23 bits per heavy atom. The molecule has 1 aliphatic carbocycles. The molecule has 1 amide bonds. The van der Waals surface area contributed by atoms with Gasteiger partial charge in [-0.25, -0.2) is 9.97 Å². The first kappa shape index (κ1) is 20.8. The topological polar surface area (TPSA) is 100 Å². The number of rotatable bonds is 4. The highest BCUT2D eigenvalue weighted by molar-refractivity contribution is 6.03. The minimum atomic E-state index is -0.998. The van der Waals surface area contributed by atoms with Gasteiger partial charge in [0.25, 0.3) is 5.91 Å². The average Bonchev–Trinajstić information content (AvgIpc) is 3.15. The van der Waals surface area contributed by atoms with Crippen LogP contribution in [0.25, 0.3) is 5.57 Å². The maximum Gasteiger partial charge on any atom is 0.291 e. The maximum absolute atomic E-state index is 12.7. The third-order valence-corrected chi connectivity index (χ3v) is 6.13. The van der Waals surface area contributed by atoms with Crippen molar-refractivity contribution in [2.75, 3.05) is 18.5 Å². The molecule has 0 saturated carbocycles. The van der Waals surface area contributed by atoms with Crippen LogP contribution in [-0.2, 0) is 10.3 Å². The van der Waals surface area contributed by atoms with Gasteiger partial charge in [-0.15, -0.1) is 0 Å². The van der Waals surface area contributed by atoms with Gasteiger partial charge in [0.05, 0.1) is 17.1 Å². The molecule has 1 fully saturated rings. The molecule has 2 aliphatic rings. The summed E-state index contributed by atoms with van der Waals surface area (Å²) in [6.45, 7) is 7.41. The number of hydrogen-bond donors (Lipinski definition) is 3. The normalized spacial score (nSPS) is 20.5. The van der Waals surface area contributed by atoms with E-state index in [0.717, 1.165) is 36.2 Å². The number of carbonyl (C=O) groups is 1. The maximum atomic E-state index is 12.7. The Morgan fingerprint density at radius 2 is 2.00 bits per heavy atom. The minimum absolute atomic E-state index is 0.259. The number of pyridine rings is 1. The van der Waals surface area contributed by atoms with Crippen LogP contribution < -0.4 is 5.32 Å². The van der Waals surface area contributed by atoms with Gasteiger partial charge < -0.3 is 20.1 Å². The zero-order chi connectivity index (χ0) is 21.4. The molecule has 0 unspecified atom stereocenters. The van der Waals surface area contributed by atoms with Gasteiger partial charge in [0.2, 0.25) is 0 Å². The summed E-state index contributed by atoms with van der Waals surface area (Å²) < 4.78 is 5.42. The summed E-state index contributed by atoms with van der Waals surface area (Å²) in [5.41, 5.74) is 3.21. The molecule has 3 N–H and O–H groups in total. The fraction of sp³-hybridized carbons (Fsp3) is 0.522. The van der Waals surface area contributed by atoms with Crippen molar-refractivity contribution in [2.45, 2.75) is 58.5 Å². The summed E-state index contributed by atoms with van der Waals surface area (Å²) in [7, 11) is 0. The van der Waals surface area contributed by atoms with Crippen molar-refractivity contribution < 1.29 is 14.6 Å². The van der Waals surface area contributed by atoms with Gasteiger partial charge in [-0.3, -0.25) is 4.79 Å². The van der Waals surface area contributed by atoms with Crippen LogP contribution in [0.4, 0.5) is 5.69 Å². The van der Waals surface area contributed by atoms with Crippen molar-refractivity contribution >= 4 is 17.2 Å². The third-order valence-electron chi connectivity index (χ3n) is 6.13. The van der Waals surface area contributed by atoms with Crippen LogP contribution in [0.5, 0.6) is 0 Å². The molecule has 7 nitrogen and oxygen atoms in total. The van der Waals surface area contributed by atoms with Crippen LogP contribution in [0.15, 0.2) is 24.4 Å². The molecule has 7 heteroatoms. The van der Waals surface area contributed by atoms with E-state index in [1.807, 2.05) is 19.1 Å². The summed E-state index contributed by atoms with van der Waals surface area (Å²) in [6, 6.07) is 3.66. The van der Waals surface area contributed by atoms with Crippen LogP contribution >= 0.6 is 0 Å². The molecule has 3 heterocycles. The lowest BCUT2D eigenvalue weighted by Crippen LogP contribution is -2.34. The lowest BCUT2D eigenvalue weighted by Gasteiger charge is -2.33. The Kier molecular flexibility index (Phi) is 5.51. The number of hydrogen-bond acceptors (Lipinski definition) is 5.